The Bertz CT molecular complexity index is 449. The molecular formula is C12H12F2N2O. The summed E-state index contributed by atoms with van der Waals surface area (Å²) in [5.74, 6) is -1.23. The average Bonchev–Trinajstić information content (AvgIpc) is 2.32. The van der Waals surface area contributed by atoms with Gasteiger partial charge in [0.1, 0.15) is 18.2 Å². The fourth-order valence-electron chi connectivity index (χ4n) is 1.14. The summed E-state index contributed by atoms with van der Waals surface area (Å²) in [5, 5.41) is 0. The van der Waals surface area contributed by atoms with Gasteiger partial charge in [-0.15, -0.1) is 0 Å². The van der Waals surface area contributed by atoms with Crippen LogP contribution in [-0.4, -0.2) is 6.72 Å². The first-order chi connectivity index (χ1) is 8.10. The molecule has 5 heteroatoms. The van der Waals surface area contributed by atoms with E-state index in [-0.39, 0.29) is 23.8 Å². The first-order valence-electron chi connectivity index (χ1n) is 4.74. The van der Waals surface area contributed by atoms with E-state index in [1.165, 1.54) is 12.1 Å². The second kappa shape index (κ2) is 5.79. The van der Waals surface area contributed by atoms with Gasteiger partial charge < -0.3 is 10.5 Å². The van der Waals surface area contributed by atoms with E-state index in [1.807, 2.05) is 0 Å². The van der Waals surface area contributed by atoms with Crippen LogP contribution in [0.1, 0.15) is 5.56 Å². The number of hydrogen-bond acceptors (Lipinski definition) is 3. The Morgan fingerprint density at radius 1 is 1.41 bits per heavy atom. The van der Waals surface area contributed by atoms with E-state index >= 15 is 0 Å². The summed E-state index contributed by atoms with van der Waals surface area (Å²) in [5.41, 5.74) is 5.26. The summed E-state index contributed by atoms with van der Waals surface area (Å²) in [6.07, 6.45) is 1.29. The van der Waals surface area contributed by atoms with Crippen LogP contribution in [0.5, 0.6) is 0 Å². The van der Waals surface area contributed by atoms with Crippen molar-refractivity contribution in [2.24, 2.45) is 10.7 Å². The lowest BCUT2D eigenvalue weighted by molar-refractivity contribution is 0.199. The van der Waals surface area contributed by atoms with E-state index in [1.54, 1.807) is 0 Å². The summed E-state index contributed by atoms with van der Waals surface area (Å²) in [4.78, 5) is 3.44. The molecule has 0 bridgehead atoms. The summed E-state index contributed by atoms with van der Waals surface area (Å²) in [6, 6.07) is 3.57. The third kappa shape index (κ3) is 3.14. The van der Waals surface area contributed by atoms with Crippen molar-refractivity contribution in [1.82, 2.24) is 0 Å². The van der Waals surface area contributed by atoms with Gasteiger partial charge in [0.15, 0.2) is 11.6 Å². The maximum Gasteiger partial charge on any atom is 0.165 e. The number of benzene rings is 1. The predicted molar refractivity (Wildman–Crippen MR) is 62.1 cm³/mol. The standard InChI is InChI=1S/C12H12F2N2O/c1-3-11(12(15)16-2)17-7-8-9(13)5-4-6-10(8)14/h3-6H,1-2,7,15H2/b12-11+. The highest BCUT2D eigenvalue weighted by Crippen LogP contribution is 2.15. The number of allylic oxidation sites excluding steroid dienone is 1. The van der Waals surface area contributed by atoms with E-state index in [0.29, 0.717) is 0 Å². The van der Waals surface area contributed by atoms with Gasteiger partial charge in [-0.25, -0.2) is 13.8 Å². The van der Waals surface area contributed by atoms with Crippen LogP contribution in [0, 0.1) is 11.6 Å². The summed E-state index contributed by atoms with van der Waals surface area (Å²) >= 11 is 0. The Hall–Kier alpha value is -2.17. The van der Waals surface area contributed by atoms with E-state index in [0.717, 1.165) is 12.1 Å². The Morgan fingerprint density at radius 3 is 2.47 bits per heavy atom. The van der Waals surface area contributed by atoms with Crippen LogP contribution < -0.4 is 5.73 Å². The molecular weight excluding hydrogens is 226 g/mol. The molecule has 0 unspecified atom stereocenters. The molecule has 0 aliphatic carbocycles. The van der Waals surface area contributed by atoms with Crippen LogP contribution in [0.15, 0.2) is 47.4 Å². The van der Waals surface area contributed by atoms with Gasteiger partial charge in [0.25, 0.3) is 0 Å². The third-order valence-corrected chi connectivity index (χ3v) is 2.04. The first kappa shape index (κ1) is 12.9. The minimum absolute atomic E-state index is 0.0109. The Balaban J connectivity index is 2.87. The molecule has 90 valence electrons. The zero-order valence-electron chi connectivity index (χ0n) is 9.12. The maximum absolute atomic E-state index is 13.3. The van der Waals surface area contributed by atoms with Crippen LogP contribution in [0.3, 0.4) is 0 Å². The Morgan fingerprint density at radius 2 is 2.00 bits per heavy atom. The van der Waals surface area contributed by atoms with E-state index < -0.39 is 11.6 Å². The van der Waals surface area contributed by atoms with Crippen LogP contribution >= 0.6 is 0 Å². The largest absolute Gasteiger partial charge is 0.485 e. The van der Waals surface area contributed by atoms with Gasteiger partial charge in [-0.3, -0.25) is 0 Å². The van der Waals surface area contributed by atoms with Crippen LogP contribution in [0.2, 0.25) is 0 Å². The second-order valence-corrected chi connectivity index (χ2v) is 3.10. The molecule has 0 fully saturated rings. The van der Waals surface area contributed by atoms with Gasteiger partial charge >= 0.3 is 0 Å². The monoisotopic (exact) mass is 238 g/mol. The third-order valence-electron chi connectivity index (χ3n) is 2.04. The number of nitrogens with two attached hydrogens (primary N) is 1. The molecule has 17 heavy (non-hydrogen) atoms. The van der Waals surface area contributed by atoms with Crippen molar-refractivity contribution in [2.45, 2.75) is 6.61 Å². The average molecular weight is 238 g/mol. The number of rotatable bonds is 5. The van der Waals surface area contributed by atoms with Gasteiger partial charge in [0, 0.05) is 0 Å². The lowest BCUT2D eigenvalue weighted by Gasteiger charge is -2.09. The zero-order valence-corrected chi connectivity index (χ0v) is 9.12. The first-order valence-corrected chi connectivity index (χ1v) is 4.74. The van der Waals surface area contributed by atoms with Gasteiger partial charge in [-0.05, 0) is 24.9 Å². The molecule has 1 aromatic rings. The maximum atomic E-state index is 13.3. The molecule has 0 spiro atoms. The molecule has 3 nitrogen and oxygen atoms in total. The number of ether oxygens (including phenoxy) is 1. The minimum Gasteiger partial charge on any atom is -0.485 e. The van der Waals surface area contributed by atoms with E-state index in [4.69, 9.17) is 10.5 Å². The zero-order chi connectivity index (χ0) is 12.8. The van der Waals surface area contributed by atoms with Crippen molar-refractivity contribution in [2.75, 3.05) is 0 Å². The Kier molecular flexibility index (Phi) is 4.39. The highest BCUT2D eigenvalue weighted by atomic mass is 19.1. The highest BCUT2D eigenvalue weighted by molar-refractivity contribution is 5.30. The molecule has 0 aromatic heterocycles. The SMILES string of the molecule is C=C/C(OCc1c(F)cccc1F)=C(/N)N=C. The van der Waals surface area contributed by atoms with Crippen LogP contribution in [-0.2, 0) is 11.3 Å². The summed E-state index contributed by atoms with van der Waals surface area (Å²) in [6.45, 7) is 6.36. The lowest BCUT2D eigenvalue weighted by atomic mass is 10.2. The van der Waals surface area contributed by atoms with Gasteiger partial charge in [0.05, 0.1) is 5.56 Å². The molecule has 2 N–H and O–H groups in total. The highest BCUT2D eigenvalue weighted by Gasteiger charge is 2.09. The van der Waals surface area contributed by atoms with E-state index in [2.05, 4.69) is 18.3 Å². The number of hydrogen-bond donors (Lipinski definition) is 1. The number of aliphatic imine (C=N–C) groups is 1. The van der Waals surface area contributed by atoms with Crippen molar-refractivity contribution in [3.05, 3.63) is 59.6 Å². The molecule has 0 saturated carbocycles. The van der Waals surface area contributed by atoms with Crippen molar-refractivity contribution in [3.63, 3.8) is 0 Å². The quantitative estimate of drug-likeness (QED) is 0.486. The molecule has 0 aliphatic rings. The fraction of sp³-hybridized carbons (Fsp3) is 0.0833. The Labute approximate surface area is 97.9 Å². The van der Waals surface area contributed by atoms with Crippen molar-refractivity contribution < 1.29 is 13.5 Å². The topological polar surface area (TPSA) is 47.6 Å². The second-order valence-electron chi connectivity index (χ2n) is 3.10. The number of halogens is 2. The summed E-state index contributed by atoms with van der Waals surface area (Å²) in [7, 11) is 0. The van der Waals surface area contributed by atoms with Crippen LogP contribution in [0.4, 0.5) is 8.78 Å². The molecule has 1 rings (SSSR count). The molecule has 0 saturated heterocycles. The minimum atomic E-state index is -0.682. The molecule has 1 aromatic carbocycles. The molecule has 0 amide bonds. The van der Waals surface area contributed by atoms with Crippen molar-refractivity contribution >= 4 is 6.72 Å². The predicted octanol–water partition coefficient (Wildman–Crippen LogP) is 2.50. The van der Waals surface area contributed by atoms with Crippen molar-refractivity contribution in [3.8, 4) is 0 Å². The van der Waals surface area contributed by atoms with Gasteiger partial charge in [-0.2, -0.15) is 0 Å². The molecule has 0 heterocycles. The smallest absolute Gasteiger partial charge is 0.165 e. The van der Waals surface area contributed by atoms with E-state index in [9.17, 15) is 8.78 Å². The summed E-state index contributed by atoms with van der Waals surface area (Å²) < 4.78 is 31.6. The number of nitrogens with zero attached hydrogens (tertiary/aromatic N) is 1. The van der Waals surface area contributed by atoms with Gasteiger partial charge in [0.2, 0.25) is 0 Å². The molecule has 0 aliphatic heterocycles. The van der Waals surface area contributed by atoms with Crippen molar-refractivity contribution in [1.29, 1.82) is 0 Å². The molecule has 0 atom stereocenters. The van der Waals surface area contributed by atoms with Crippen LogP contribution in [0.25, 0.3) is 0 Å². The lowest BCUT2D eigenvalue weighted by Crippen LogP contribution is -2.04. The fourth-order valence-corrected chi connectivity index (χ4v) is 1.14. The molecule has 0 radical (unpaired) electrons. The normalized spacial score (nSPS) is 11.6. The van der Waals surface area contributed by atoms with Gasteiger partial charge in [-0.1, -0.05) is 12.6 Å².